The van der Waals surface area contributed by atoms with Crippen molar-refractivity contribution in [3.63, 3.8) is 0 Å². The van der Waals surface area contributed by atoms with E-state index < -0.39 is 5.97 Å². The van der Waals surface area contributed by atoms with Crippen LogP contribution in [0.25, 0.3) is 16.8 Å². The van der Waals surface area contributed by atoms with Crippen LogP contribution in [0.5, 0.6) is 11.5 Å². The van der Waals surface area contributed by atoms with Gasteiger partial charge in [0.05, 0.1) is 11.0 Å². The number of carboxylic acids is 1. The minimum atomic E-state index is -0.997. The number of aromatic nitrogens is 3. The van der Waals surface area contributed by atoms with Gasteiger partial charge in [0.25, 0.3) is 0 Å². The standard InChI is InChI=1S/C13H11N3O4/c1-6-11(12(17)18)16-8-5-10-9(19-2-3-20-10)4-7(8)15-13(16)14-6/h4-5H,2-3H2,1H3,(H,14,15)(H,17,18). The van der Waals surface area contributed by atoms with E-state index in [1.54, 1.807) is 23.5 Å². The topological polar surface area (TPSA) is 88.9 Å². The van der Waals surface area contributed by atoms with Gasteiger partial charge in [-0.3, -0.25) is 4.40 Å². The lowest BCUT2D eigenvalue weighted by atomic mass is 10.2. The van der Waals surface area contributed by atoms with Crippen molar-refractivity contribution >= 4 is 22.8 Å². The lowest BCUT2D eigenvalue weighted by molar-refractivity contribution is 0.0689. The van der Waals surface area contributed by atoms with Crippen molar-refractivity contribution in [3.05, 3.63) is 23.5 Å². The fraction of sp³-hybridized carbons (Fsp3) is 0.231. The SMILES string of the molecule is Cc1[nH]c2nc3cc4c(cc3n2c1C(=O)O)OCCO4. The van der Waals surface area contributed by atoms with E-state index in [9.17, 15) is 9.90 Å². The molecular formula is C13H11N3O4. The van der Waals surface area contributed by atoms with E-state index in [0.717, 1.165) is 0 Å². The number of ether oxygens (including phenoxy) is 2. The zero-order valence-electron chi connectivity index (χ0n) is 10.6. The number of hydrogen-bond acceptors (Lipinski definition) is 4. The number of aromatic carboxylic acids is 1. The first-order valence-corrected chi connectivity index (χ1v) is 6.19. The third-order valence-electron chi connectivity index (χ3n) is 3.40. The summed E-state index contributed by atoms with van der Waals surface area (Å²) in [6.45, 7) is 2.70. The van der Waals surface area contributed by atoms with Gasteiger partial charge in [0, 0.05) is 17.8 Å². The fourth-order valence-corrected chi connectivity index (χ4v) is 2.58. The Morgan fingerprint density at radius 1 is 1.35 bits per heavy atom. The molecule has 102 valence electrons. The van der Waals surface area contributed by atoms with Crippen LogP contribution in [-0.4, -0.2) is 38.7 Å². The van der Waals surface area contributed by atoms with Crippen LogP contribution in [0.1, 0.15) is 16.2 Å². The van der Waals surface area contributed by atoms with Crippen molar-refractivity contribution in [2.75, 3.05) is 13.2 Å². The van der Waals surface area contributed by atoms with E-state index in [4.69, 9.17) is 9.47 Å². The highest BCUT2D eigenvalue weighted by Crippen LogP contribution is 2.35. The predicted octanol–water partition coefficient (Wildman–Crippen LogP) is 1.59. The number of benzene rings is 1. The highest BCUT2D eigenvalue weighted by molar-refractivity contribution is 5.93. The smallest absolute Gasteiger partial charge is 0.354 e. The Bertz CT molecular complexity index is 862. The largest absolute Gasteiger partial charge is 0.486 e. The quantitative estimate of drug-likeness (QED) is 0.703. The minimum absolute atomic E-state index is 0.180. The molecule has 1 aliphatic heterocycles. The number of carboxylic acid groups (broad SMARTS) is 1. The number of aromatic amines is 1. The first-order valence-electron chi connectivity index (χ1n) is 6.19. The molecule has 0 saturated heterocycles. The highest BCUT2D eigenvalue weighted by atomic mass is 16.6. The zero-order chi connectivity index (χ0) is 13.9. The Morgan fingerprint density at radius 3 is 2.75 bits per heavy atom. The van der Waals surface area contributed by atoms with E-state index in [2.05, 4.69) is 9.97 Å². The van der Waals surface area contributed by atoms with Crippen LogP contribution in [0.2, 0.25) is 0 Å². The van der Waals surface area contributed by atoms with Crippen LogP contribution >= 0.6 is 0 Å². The van der Waals surface area contributed by atoms with Gasteiger partial charge in [0.15, 0.2) is 17.2 Å². The molecule has 20 heavy (non-hydrogen) atoms. The summed E-state index contributed by atoms with van der Waals surface area (Å²) >= 11 is 0. The number of nitrogens with one attached hydrogen (secondary N) is 1. The maximum Gasteiger partial charge on any atom is 0.354 e. The van der Waals surface area contributed by atoms with Crippen molar-refractivity contribution in [1.29, 1.82) is 0 Å². The molecule has 2 N–H and O–H groups in total. The van der Waals surface area contributed by atoms with Crippen molar-refractivity contribution < 1.29 is 19.4 Å². The second kappa shape index (κ2) is 3.66. The summed E-state index contributed by atoms with van der Waals surface area (Å²) in [5, 5.41) is 9.34. The van der Waals surface area contributed by atoms with Gasteiger partial charge in [0.2, 0.25) is 5.78 Å². The molecular weight excluding hydrogens is 262 g/mol. The number of fused-ring (bicyclic) bond motifs is 4. The molecule has 1 aromatic carbocycles. The molecule has 7 heteroatoms. The third kappa shape index (κ3) is 1.34. The monoisotopic (exact) mass is 273 g/mol. The summed E-state index contributed by atoms with van der Waals surface area (Å²) in [6.07, 6.45) is 0. The van der Waals surface area contributed by atoms with E-state index >= 15 is 0 Å². The molecule has 4 rings (SSSR count). The molecule has 0 unspecified atom stereocenters. The molecule has 0 radical (unpaired) electrons. The van der Waals surface area contributed by atoms with Crippen LogP contribution in [0.3, 0.4) is 0 Å². The minimum Gasteiger partial charge on any atom is -0.486 e. The highest BCUT2D eigenvalue weighted by Gasteiger charge is 2.21. The van der Waals surface area contributed by atoms with Crippen LogP contribution in [-0.2, 0) is 0 Å². The number of imidazole rings is 2. The van der Waals surface area contributed by atoms with Gasteiger partial charge in [-0.25, -0.2) is 9.78 Å². The van der Waals surface area contributed by atoms with Gasteiger partial charge in [-0.05, 0) is 6.92 Å². The molecule has 0 amide bonds. The molecule has 2 aromatic heterocycles. The summed E-state index contributed by atoms with van der Waals surface area (Å²) in [5.41, 5.74) is 2.10. The average molecular weight is 273 g/mol. The van der Waals surface area contributed by atoms with Crippen LogP contribution in [0.15, 0.2) is 12.1 Å². The van der Waals surface area contributed by atoms with Crippen LogP contribution < -0.4 is 9.47 Å². The van der Waals surface area contributed by atoms with E-state index in [1.807, 2.05) is 0 Å². The molecule has 7 nitrogen and oxygen atoms in total. The second-order valence-electron chi connectivity index (χ2n) is 4.66. The van der Waals surface area contributed by atoms with Gasteiger partial charge in [-0.2, -0.15) is 0 Å². The van der Waals surface area contributed by atoms with Crippen molar-refractivity contribution in [1.82, 2.24) is 14.4 Å². The summed E-state index contributed by atoms with van der Waals surface area (Å²) in [7, 11) is 0. The summed E-state index contributed by atoms with van der Waals surface area (Å²) < 4.78 is 12.6. The first-order chi connectivity index (χ1) is 9.65. The molecule has 0 spiro atoms. The van der Waals surface area contributed by atoms with Gasteiger partial charge in [-0.15, -0.1) is 0 Å². The Labute approximate surface area is 112 Å². The normalized spacial score (nSPS) is 14.1. The predicted molar refractivity (Wildman–Crippen MR) is 69.7 cm³/mol. The van der Waals surface area contributed by atoms with E-state index in [-0.39, 0.29) is 5.69 Å². The number of aryl methyl sites for hydroxylation is 1. The van der Waals surface area contributed by atoms with Gasteiger partial charge in [0.1, 0.15) is 13.2 Å². The summed E-state index contributed by atoms with van der Waals surface area (Å²) in [4.78, 5) is 18.8. The Kier molecular flexibility index (Phi) is 2.04. The Hall–Kier alpha value is -2.70. The average Bonchev–Trinajstić information content (AvgIpc) is 2.90. The lowest BCUT2D eigenvalue weighted by Gasteiger charge is -2.17. The fourth-order valence-electron chi connectivity index (χ4n) is 2.58. The van der Waals surface area contributed by atoms with Gasteiger partial charge >= 0.3 is 5.97 Å². The number of hydrogen-bond donors (Lipinski definition) is 2. The molecule has 1 aliphatic rings. The molecule has 0 saturated carbocycles. The number of H-pyrrole nitrogens is 1. The second-order valence-corrected chi connectivity index (χ2v) is 4.66. The molecule has 3 heterocycles. The number of nitrogens with zero attached hydrogens (tertiary/aromatic N) is 2. The summed E-state index contributed by atoms with van der Waals surface area (Å²) in [5.74, 6) is 0.749. The van der Waals surface area contributed by atoms with E-state index in [0.29, 0.717) is 47.2 Å². The van der Waals surface area contributed by atoms with Gasteiger partial charge in [-0.1, -0.05) is 0 Å². The lowest BCUT2D eigenvalue weighted by Crippen LogP contribution is -2.15. The van der Waals surface area contributed by atoms with Crippen molar-refractivity contribution in [2.24, 2.45) is 0 Å². The Balaban J connectivity index is 2.11. The maximum atomic E-state index is 11.4. The van der Waals surface area contributed by atoms with Crippen molar-refractivity contribution in [2.45, 2.75) is 6.92 Å². The van der Waals surface area contributed by atoms with Crippen LogP contribution in [0, 0.1) is 6.92 Å². The number of rotatable bonds is 1. The molecule has 0 bridgehead atoms. The van der Waals surface area contributed by atoms with Crippen LogP contribution in [0.4, 0.5) is 0 Å². The molecule has 0 aliphatic carbocycles. The molecule has 0 atom stereocenters. The summed E-state index contributed by atoms with van der Waals surface area (Å²) in [6, 6.07) is 3.54. The maximum absolute atomic E-state index is 11.4. The first kappa shape index (κ1) is 11.2. The van der Waals surface area contributed by atoms with Crippen molar-refractivity contribution in [3.8, 4) is 11.5 Å². The third-order valence-corrected chi connectivity index (χ3v) is 3.40. The number of carbonyl (C=O) groups is 1. The molecule has 0 fully saturated rings. The molecule has 3 aromatic rings. The van der Waals surface area contributed by atoms with E-state index in [1.165, 1.54) is 0 Å². The zero-order valence-corrected chi connectivity index (χ0v) is 10.6. The Morgan fingerprint density at radius 2 is 2.05 bits per heavy atom. The van der Waals surface area contributed by atoms with Gasteiger partial charge < -0.3 is 19.6 Å².